The summed E-state index contributed by atoms with van der Waals surface area (Å²) in [6.07, 6.45) is 1.82. The third-order valence-electron chi connectivity index (χ3n) is 3.67. The van der Waals surface area contributed by atoms with Crippen LogP contribution in [0.15, 0.2) is 83.3 Å². The van der Waals surface area contributed by atoms with Crippen molar-refractivity contribution in [1.29, 1.82) is 0 Å². The molecule has 0 saturated carbocycles. The summed E-state index contributed by atoms with van der Waals surface area (Å²) in [6.45, 7) is 0.500. The van der Waals surface area contributed by atoms with E-state index in [9.17, 15) is 0 Å². The molecule has 6 heteroatoms. The van der Waals surface area contributed by atoms with Crippen LogP contribution in [0.2, 0.25) is 0 Å². The molecule has 0 saturated heterocycles. The van der Waals surface area contributed by atoms with Crippen LogP contribution in [0.1, 0.15) is 11.1 Å². The number of ether oxygens (including phenoxy) is 1. The number of halogens is 1. The Labute approximate surface area is 172 Å². The number of hydrogen-bond acceptors (Lipinski definition) is 2. The maximum Gasteiger partial charge on any atom is 0.228 e. The Balaban J connectivity index is 1.57. The lowest BCUT2D eigenvalue weighted by Gasteiger charge is -2.08. The molecule has 3 N–H and O–H groups in total. The summed E-state index contributed by atoms with van der Waals surface area (Å²) in [5.41, 5.74) is 5.89. The van der Waals surface area contributed by atoms with Crippen molar-refractivity contribution in [3.63, 3.8) is 0 Å². The Morgan fingerprint density at radius 3 is 2.44 bits per heavy atom. The van der Waals surface area contributed by atoms with E-state index in [1.165, 1.54) is 0 Å². The molecule has 0 fully saturated rings. The number of hydrazone groups is 1. The van der Waals surface area contributed by atoms with E-state index in [2.05, 4.69) is 31.8 Å². The van der Waals surface area contributed by atoms with E-state index in [1.807, 2.05) is 85.1 Å². The van der Waals surface area contributed by atoms with Gasteiger partial charge in [-0.15, -0.1) is 10.5 Å². The van der Waals surface area contributed by atoms with Gasteiger partial charge in [0.2, 0.25) is 11.3 Å². The lowest BCUT2D eigenvalue weighted by atomic mass is 10.2. The van der Waals surface area contributed by atoms with Crippen molar-refractivity contribution >= 4 is 45.2 Å². The number of rotatable bonds is 6. The molecule has 4 nitrogen and oxygen atoms in total. The second-order valence-electron chi connectivity index (χ2n) is 5.69. The normalized spacial score (nSPS) is 10.6. The van der Waals surface area contributed by atoms with Gasteiger partial charge in [-0.05, 0) is 54.2 Å². The van der Waals surface area contributed by atoms with Gasteiger partial charge in [0.25, 0.3) is 0 Å². The first-order valence-corrected chi connectivity index (χ1v) is 9.58. The van der Waals surface area contributed by atoms with E-state index < -0.39 is 0 Å². The van der Waals surface area contributed by atoms with Crippen LogP contribution in [-0.4, -0.2) is 11.3 Å². The van der Waals surface area contributed by atoms with E-state index in [4.69, 9.17) is 17.0 Å². The van der Waals surface area contributed by atoms with Crippen molar-refractivity contribution in [2.24, 2.45) is 0 Å². The Hall–Kier alpha value is -2.70. The molecule has 0 radical (unpaired) electrons. The molecule has 0 bridgehead atoms. The van der Waals surface area contributed by atoms with Gasteiger partial charge in [-0.1, -0.05) is 58.4 Å². The van der Waals surface area contributed by atoms with Crippen molar-refractivity contribution in [3.8, 4) is 5.75 Å². The van der Waals surface area contributed by atoms with E-state index in [-0.39, 0.29) is 0 Å². The summed E-state index contributed by atoms with van der Waals surface area (Å²) in [5.74, 6) is 0.789. The summed E-state index contributed by atoms with van der Waals surface area (Å²) in [4.78, 5) is 0. The Morgan fingerprint density at radius 1 is 0.963 bits per heavy atom. The van der Waals surface area contributed by atoms with Crippen LogP contribution < -0.4 is 20.6 Å². The van der Waals surface area contributed by atoms with Crippen molar-refractivity contribution in [2.75, 3.05) is 5.32 Å². The Morgan fingerprint density at radius 2 is 1.67 bits per heavy atom. The number of para-hydroxylation sites is 2. The van der Waals surface area contributed by atoms with Crippen molar-refractivity contribution in [1.82, 2.24) is 5.43 Å². The standard InChI is InChI=1S/C21H18BrN3OS/c22-18-12-10-16(11-13-18)15-26-20-9-5-4-6-17(20)14-23-25-21(27)24-19-7-2-1-3-8-19/h1-14H,15H2,(H2,24,25,27)/p+1. The number of nitrogens with one attached hydrogen (secondary N) is 3. The van der Waals surface area contributed by atoms with Gasteiger partial charge in [0.05, 0.1) is 5.56 Å². The molecule has 0 spiro atoms. The highest BCUT2D eigenvalue weighted by atomic mass is 79.9. The zero-order valence-electron chi connectivity index (χ0n) is 14.5. The molecule has 3 rings (SSSR count). The average molecular weight is 441 g/mol. The SMILES string of the molecule is S=C(N[NH+]=Cc1ccccc1OCc1ccc(Br)cc1)Nc1ccccc1. The van der Waals surface area contributed by atoms with Gasteiger partial charge >= 0.3 is 0 Å². The smallest absolute Gasteiger partial charge is 0.228 e. The lowest BCUT2D eigenvalue weighted by Crippen LogP contribution is -2.82. The van der Waals surface area contributed by atoms with Crippen LogP contribution >= 0.6 is 28.1 Å². The fourth-order valence-corrected chi connectivity index (χ4v) is 2.78. The summed E-state index contributed by atoms with van der Waals surface area (Å²) in [5, 5.41) is 6.58. The van der Waals surface area contributed by atoms with E-state index in [1.54, 1.807) is 0 Å². The molecule has 27 heavy (non-hydrogen) atoms. The van der Waals surface area contributed by atoms with Crippen LogP contribution in [-0.2, 0) is 6.61 Å². The first kappa shape index (κ1) is 19.1. The monoisotopic (exact) mass is 440 g/mol. The quantitative estimate of drug-likeness (QED) is 0.312. The molecule has 0 atom stereocenters. The molecule has 136 valence electrons. The zero-order chi connectivity index (χ0) is 18.9. The minimum Gasteiger partial charge on any atom is -0.488 e. The molecule has 0 aliphatic heterocycles. The minimum atomic E-state index is 0.478. The highest BCUT2D eigenvalue weighted by molar-refractivity contribution is 9.10. The molecular weight excluding hydrogens is 422 g/mol. The van der Waals surface area contributed by atoms with Crippen LogP contribution in [0, 0.1) is 0 Å². The number of thiocarbonyl (C=S) groups is 1. The number of benzene rings is 3. The van der Waals surface area contributed by atoms with Crippen LogP contribution in [0.5, 0.6) is 5.75 Å². The summed E-state index contributed by atoms with van der Waals surface area (Å²) in [6, 6.07) is 25.6. The predicted octanol–water partition coefficient (Wildman–Crippen LogP) is 3.43. The molecule has 3 aromatic carbocycles. The van der Waals surface area contributed by atoms with Gasteiger partial charge < -0.3 is 10.1 Å². The molecule has 0 heterocycles. The number of hydrazine groups is 1. The second kappa shape index (κ2) is 9.85. The molecular formula is C21H19BrN3OS+. The van der Waals surface area contributed by atoms with Crippen molar-refractivity contribution < 1.29 is 9.84 Å². The minimum absolute atomic E-state index is 0.478. The second-order valence-corrected chi connectivity index (χ2v) is 7.01. The Kier molecular flexibility index (Phi) is 6.96. The van der Waals surface area contributed by atoms with Crippen LogP contribution in [0.3, 0.4) is 0 Å². The maximum atomic E-state index is 5.95. The summed E-state index contributed by atoms with van der Waals surface area (Å²) < 4.78 is 7.00. The van der Waals surface area contributed by atoms with Gasteiger partial charge in [-0.25, -0.2) is 0 Å². The largest absolute Gasteiger partial charge is 0.488 e. The van der Waals surface area contributed by atoms with Gasteiger partial charge in [0.15, 0.2) is 0 Å². The molecule has 0 amide bonds. The van der Waals surface area contributed by atoms with Gasteiger partial charge in [0, 0.05) is 10.2 Å². The molecule has 0 aromatic heterocycles. The highest BCUT2D eigenvalue weighted by Crippen LogP contribution is 2.18. The summed E-state index contributed by atoms with van der Waals surface area (Å²) >= 11 is 8.71. The molecule has 0 unspecified atom stereocenters. The van der Waals surface area contributed by atoms with Crippen LogP contribution in [0.4, 0.5) is 5.69 Å². The lowest BCUT2D eigenvalue weighted by molar-refractivity contribution is -0.499. The number of anilines is 1. The van der Waals surface area contributed by atoms with Gasteiger partial charge in [-0.3, -0.25) is 0 Å². The average Bonchev–Trinajstić information content (AvgIpc) is 2.69. The van der Waals surface area contributed by atoms with Crippen LogP contribution in [0.25, 0.3) is 0 Å². The third-order valence-corrected chi connectivity index (χ3v) is 4.40. The zero-order valence-corrected chi connectivity index (χ0v) is 16.9. The first-order valence-electron chi connectivity index (χ1n) is 8.38. The molecule has 0 aliphatic rings. The third kappa shape index (κ3) is 6.20. The van der Waals surface area contributed by atoms with E-state index in [0.29, 0.717) is 11.7 Å². The topological polar surface area (TPSA) is 47.3 Å². The molecule has 3 aromatic rings. The van der Waals surface area contributed by atoms with E-state index in [0.717, 1.165) is 27.0 Å². The Bertz CT molecular complexity index is 914. The fraction of sp³-hybridized carbons (Fsp3) is 0.0476. The first-order chi connectivity index (χ1) is 13.2. The predicted molar refractivity (Wildman–Crippen MR) is 117 cm³/mol. The fourth-order valence-electron chi connectivity index (χ4n) is 2.34. The maximum absolute atomic E-state index is 5.95. The van der Waals surface area contributed by atoms with Crippen molar-refractivity contribution in [3.05, 3.63) is 94.5 Å². The number of hydrogen-bond donors (Lipinski definition) is 3. The van der Waals surface area contributed by atoms with Gasteiger partial charge in [0.1, 0.15) is 12.4 Å². The van der Waals surface area contributed by atoms with Gasteiger partial charge in [-0.2, -0.15) is 0 Å². The summed E-state index contributed by atoms with van der Waals surface area (Å²) in [7, 11) is 0. The van der Waals surface area contributed by atoms with Crippen molar-refractivity contribution in [2.45, 2.75) is 6.61 Å². The van der Waals surface area contributed by atoms with E-state index >= 15 is 0 Å². The molecule has 0 aliphatic carbocycles. The highest BCUT2D eigenvalue weighted by Gasteiger charge is 2.04.